The highest BCUT2D eigenvalue weighted by Crippen LogP contribution is 2.25. The fraction of sp³-hybridized carbons (Fsp3) is 1.00. The van der Waals surface area contributed by atoms with Crippen molar-refractivity contribution in [3.05, 3.63) is 0 Å². The van der Waals surface area contributed by atoms with Gasteiger partial charge in [-0.15, -0.1) is 0 Å². The van der Waals surface area contributed by atoms with E-state index >= 15 is 0 Å². The molecule has 4 nitrogen and oxygen atoms in total. The Morgan fingerprint density at radius 1 is 1.42 bits per heavy atom. The smallest absolute Gasteiger partial charge is 0.198 e. The minimum Gasteiger partial charge on any atom is -0.353 e. The van der Waals surface area contributed by atoms with E-state index in [0.717, 1.165) is 19.3 Å². The molecule has 2 atom stereocenters. The van der Waals surface area contributed by atoms with Crippen molar-refractivity contribution < 1.29 is 19.2 Å². The molecule has 0 aromatic heterocycles. The summed E-state index contributed by atoms with van der Waals surface area (Å²) in [6.07, 6.45) is 2.38. The Labute approximate surface area is 72.7 Å². The van der Waals surface area contributed by atoms with Crippen LogP contribution in [0.2, 0.25) is 0 Å². The third-order valence-electron chi connectivity index (χ3n) is 2.10. The van der Waals surface area contributed by atoms with Gasteiger partial charge in [-0.25, -0.2) is 4.89 Å². The van der Waals surface area contributed by atoms with Crippen molar-refractivity contribution in [1.82, 2.24) is 0 Å². The van der Waals surface area contributed by atoms with Gasteiger partial charge in [-0.2, -0.15) is 4.89 Å². The van der Waals surface area contributed by atoms with Gasteiger partial charge in [0.1, 0.15) is 0 Å². The summed E-state index contributed by atoms with van der Waals surface area (Å²) < 4.78 is 10.2. The van der Waals surface area contributed by atoms with Crippen molar-refractivity contribution in [3.63, 3.8) is 0 Å². The maximum absolute atomic E-state index is 5.15. The SMILES string of the molecule is COC1CCCC(C)(OC)OO1. The van der Waals surface area contributed by atoms with E-state index in [9.17, 15) is 0 Å². The van der Waals surface area contributed by atoms with Crippen molar-refractivity contribution >= 4 is 0 Å². The molecule has 1 aliphatic rings. The fourth-order valence-corrected chi connectivity index (χ4v) is 1.13. The van der Waals surface area contributed by atoms with Crippen LogP contribution in [0, 0.1) is 0 Å². The van der Waals surface area contributed by atoms with Crippen molar-refractivity contribution in [2.45, 2.75) is 38.3 Å². The molecule has 1 heterocycles. The molecule has 0 N–H and O–H groups in total. The molecule has 1 rings (SSSR count). The summed E-state index contributed by atoms with van der Waals surface area (Å²) >= 11 is 0. The summed E-state index contributed by atoms with van der Waals surface area (Å²) in [5.74, 6) is -0.618. The highest BCUT2D eigenvalue weighted by Gasteiger charge is 2.30. The molecular formula is C8H16O4. The Bertz CT molecular complexity index is 139. The number of ether oxygens (including phenoxy) is 2. The molecule has 4 heteroatoms. The zero-order valence-electron chi connectivity index (χ0n) is 7.83. The lowest BCUT2D eigenvalue weighted by Gasteiger charge is -2.24. The van der Waals surface area contributed by atoms with Gasteiger partial charge in [-0.05, 0) is 13.3 Å². The topological polar surface area (TPSA) is 36.9 Å². The summed E-state index contributed by atoms with van der Waals surface area (Å²) in [4.78, 5) is 10.1. The van der Waals surface area contributed by atoms with E-state index in [4.69, 9.17) is 19.2 Å². The van der Waals surface area contributed by atoms with Gasteiger partial charge in [0.15, 0.2) is 12.1 Å². The zero-order valence-corrected chi connectivity index (χ0v) is 7.83. The number of hydrogen-bond donors (Lipinski definition) is 0. The number of methoxy groups -OCH3 is 2. The highest BCUT2D eigenvalue weighted by atomic mass is 17.3. The van der Waals surface area contributed by atoms with Crippen molar-refractivity contribution in [3.8, 4) is 0 Å². The van der Waals surface area contributed by atoms with Gasteiger partial charge < -0.3 is 9.47 Å². The average molecular weight is 176 g/mol. The van der Waals surface area contributed by atoms with Crippen molar-refractivity contribution in [2.24, 2.45) is 0 Å². The summed E-state index contributed by atoms with van der Waals surface area (Å²) in [7, 11) is 3.21. The molecule has 1 aliphatic heterocycles. The number of rotatable bonds is 2. The van der Waals surface area contributed by atoms with Gasteiger partial charge in [-0.3, -0.25) is 0 Å². The predicted octanol–water partition coefficient (Wildman–Crippen LogP) is 1.45. The van der Waals surface area contributed by atoms with Crippen molar-refractivity contribution in [2.75, 3.05) is 14.2 Å². The largest absolute Gasteiger partial charge is 0.353 e. The Kier molecular flexibility index (Phi) is 3.46. The standard InChI is InChI=1S/C8H16O4/c1-8(10-3)6-4-5-7(9-2)11-12-8/h7H,4-6H2,1-3H3. The minimum absolute atomic E-state index is 0.262. The molecule has 0 spiro atoms. The van der Waals surface area contributed by atoms with Gasteiger partial charge in [0.2, 0.25) is 0 Å². The van der Waals surface area contributed by atoms with E-state index in [2.05, 4.69) is 0 Å². The predicted molar refractivity (Wildman–Crippen MR) is 42.2 cm³/mol. The molecule has 0 bridgehead atoms. The van der Waals surface area contributed by atoms with Crippen LogP contribution in [-0.4, -0.2) is 26.3 Å². The third kappa shape index (κ3) is 2.42. The van der Waals surface area contributed by atoms with Crippen LogP contribution in [0.1, 0.15) is 26.2 Å². The normalized spacial score (nSPS) is 37.8. The molecule has 1 fully saturated rings. The lowest BCUT2D eigenvalue weighted by Crippen LogP contribution is -2.30. The lowest BCUT2D eigenvalue weighted by atomic mass is 10.1. The first kappa shape index (κ1) is 9.92. The minimum atomic E-state index is -0.618. The van der Waals surface area contributed by atoms with Crippen LogP contribution in [0.25, 0.3) is 0 Å². The van der Waals surface area contributed by atoms with Crippen LogP contribution < -0.4 is 0 Å². The molecule has 0 aliphatic carbocycles. The second-order valence-corrected chi connectivity index (χ2v) is 3.07. The molecule has 0 amide bonds. The summed E-state index contributed by atoms with van der Waals surface area (Å²) in [6, 6.07) is 0. The lowest BCUT2D eigenvalue weighted by molar-refractivity contribution is -0.456. The zero-order chi connectivity index (χ0) is 9.03. The molecular weight excluding hydrogens is 160 g/mol. The Morgan fingerprint density at radius 3 is 2.75 bits per heavy atom. The van der Waals surface area contributed by atoms with Gasteiger partial charge in [0.05, 0.1) is 0 Å². The second-order valence-electron chi connectivity index (χ2n) is 3.07. The van der Waals surface area contributed by atoms with Gasteiger partial charge in [0, 0.05) is 27.1 Å². The monoisotopic (exact) mass is 176 g/mol. The van der Waals surface area contributed by atoms with Crippen LogP contribution in [0.3, 0.4) is 0 Å². The van der Waals surface area contributed by atoms with E-state index in [-0.39, 0.29) is 6.29 Å². The first-order valence-corrected chi connectivity index (χ1v) is 4.12. The third-order valence-corrected chi connectivity index (χ3v) is 2.10. The van der Waals surface area contributed by atoms with Crippen molar-refractivity contribution in [1.29, 1.82) is 0 Å². The summed E-state index contributed by atoms with van der Waals surface area (Å²) in [6.45, 7) is 1.85. The van der Waals surface area contributed by atoms with E-state index in [1.807, 2.05) is 6.92 Å². The molecule has 0 aromatic rings. The van der Waals surface area contributed by atoms with E-state index < -0.39 is 5.79 Å². The Morgan fingerprint density at radius 2 is 2.17 bits per heavy atom. The quantitative estimate of drug-likeness (QED) is 0.597. The van der Waals surface area contributed by atoms with Crippen LogP contribution in [0.4, 0.5) is 0 Å². The maximum atomic E-state index is 5.15. The van der Waals surface area contributed by atoms with Gasteiger partial charge >= 0.3 is 0 Å². The fourth-order valence-electron chi connectivity index (χ4n) is 1.13. The molecule has 1 saturated heterocycles. The number of hydrogen-bond acceptors (Lipinski definition) is 4. The van der Waals surface area contributed by atoms with Crippen LogP contribution in [0.5, 0.6) is 0 Å². The molecule has 0 saturated carbocycles. The molecule has 0 radical (unpaired) electrons. The first-order chi connectivity index (χ1) is 5.70. The average Bonchev–Trinajstić information content (AvgIpc) is 2.28. The van der Waals surface area contributed by atoms with E-state index in [1.54, 1.807) is 14.2 Å². The summed E-state index contributed by atoms with van der Waals surface area (Å²) in [5.41, 5.74) is 0. The molecule has 0 aromatic carbocycles. The molecule has 2 unspecified atom stereocenters. The molecule has 12 heavy (non-hydrogen) atoms. The summed E-state index contributed by atoms with van der Waals surface area (Å²) in [5, 5.41) is 0. The van der Waals surface area contributed by atoms with Crippen LogP contribution >= 0.6 is 0 Å². The van der Waals surface area contributed by atoms with Gasteiger partial charge in [0.25, 0.3) is 0 Å². The first-order valence-electron chi connectivity index (χ1n) is 4.12. The Hall–Kier alpha value is -0.160. The van der Waals surface area contributed by atoms with Crippen LogP contribution in [-0.2, 0) is 19.2 Å². The second kappa shape index (κ2) is 4.18. The van der Waals surface area contributed by atoms with Crippen LogP contribution in [0.15, 0.2) is 0 Å². The molecule has 72 valence electrons. The highest BCUT2D eigenvalue weighted by molar-refractivity contribution is 4.63. The maximum Gasteiger partial charge on any atom is 0.198 e. The van der Waals surface area contributed by atoms with Gasteiger partial charge in [-0.1, -0.05) is 0 Å². The Balaban J connectivity index is 2.44. The van der Waals surface area contributed by atoms with E-state index in [1.165, 1.54) is 0 Å². The van der Waals surface area contributed by atoms with E-state index in [0.29, 0.717) is 0 Å².